The predicted octanol–water partition coefficient (Wildman–Crippen LogP) is 3.00. The molecule has 0 aliphatic rings. The van der Waals surface area contributed by atoms with Gasteiger partial charge < -0.3 is 10.5 Å². The summed E-state index contributed by atoms with van der Waals surface area (Å²) in [6.07, 6.45) is 1.43. The number of methoxy groups -OCH3 is 1. The third-order valence-corrected chi connectivity index (χ3v) is 2.83. The first-order valence-electron chi connectivity index (χ1n) is 5.99. The fraction of sp³-hybridized carbons (Fsp3) is 0.286. The van der Waals surface area contributed by atoms with Gasteiger partial charge >= 0.3 is 0 Å². The van der Waals surface area contributed by atoms with Gasteiger partial charge in [0.1, 0.15) is 0 Å². The molecule has 0 aliphatic carbocycles. The molecule has 0 radical (unpaired) electrons. The molecule has 0 amide bonds. The van der Waals surface area contributed by atoms with E-state index in [1.165, 1.54) is 12.3 Å². The molecule has 2 N–H and O–H groups in total. The van der Waals surface area contributed by atoms with Crippen LogP contribution in [0.3, 0.4) is 0 Å². The van der Waals surface area contributed by atoms with Crippen LogP contribution in [0.15, 0.2) is 24.4 Å². The number of hydrogen-bond donors (Lipinski definition) is 1. The van der Waals surface area contributed by atoms with Crippen LogP contribution in [0.2, 0.25) is 0 Å². The number of nitrogens with two attached hydrogens (primary N) is 1. The molecular formula is C14H16FN3O. The standard InChI is InChI=1S/C14H16FN3O/c1-8(2)13-11(16)6-10(14(18-13)19-3)9-4-5-12(15)17-7-9/h4-8H,16H2,1-3H3. The van der Waals surface area contributed by atoms with Crippen molar-refractivity contribution < 1.29 is 9.13 Å². The average Bonchev–Trinajstić information content (AvgIpc) is 2.39. The highest BCUT2D eigenvalue weighted by Crippen LogP contribution is 2.33. The molecule has 2 rings (SSSR count). The Balaban J connectivity index is 2.57. The normalized spacial score (nSPS) is 10.8. The lowest BCUT2D eigenvalue weighted by Gasteiger charge is -2.14. The highest BCUT2D eigenvalue weighted by molar-refractivity contribution is 5.72. The van der Waals surface area contributed by atoms with Crippen LogP contribution in [-0.2, 0) is 0 Å². The molecule has 0 unspecified atom stereocenters. The molecule has 0 fully saturated rings. The smallest absolute Gasteiger partial charge is 0.221 e. The van der Waals surface area contributed by atoms with Crippen molar-refractivity contribution in [1.29, 1.82) is 0 Å². The van der Waals surface area contributed by atoms with Crippen LogP contribution in [0.25, 0.3) is 11.1 Å². The minimum atomic E-state index is -0.526. The maximum absolute atomic E-state index is 12.9. The van der Waals surface area contributed by atoms with Gasteiger partial charge in [-0.05, 0) is 24.1 Å². The zero-order chi connectivity index (χ0) is 14.0. The van der Waals surface area contributed by atoms with Crippen LogP contribution in [0.5, 0.6) is 5.88 Å². The first-order valence-corrected chi connectivity index (χ1v) is 5.99. The number of rotatable bonds is 3. The van der Waals surface area contributed by atoms with Crippen LogP contribution in [-0.4, -0.2) is 17.1 Å². The molecule has 0 aromatic carbocycles. The summed E-state index contributed by atoms with van der Waals surface area (Å²) in [6.45, 7) is 4.02. The summed E-state index contributed by atoms with van der Waals surface area (Å²) in [5.74, 6) is 0.142. The summed E-state index contributed by atoms with van der Waals surface area (Å²) in [4.78, 5) is 8.05. The Bertz CT molecular complexity index is 582. The lowest BCUT2D eigenvalue weighted by atomic mass is 10.0. The van der Waals surface area contributed by atoms with Crippen molar-refractivity contribution in [2.24, 2.45) is 0 Å². The van der Waals surface area contributed by atoms with E-state index in [1.807, 2.05) is 13.8 Å². The van der Waals surface area contributed by atoms with Gasteiger partial charge in [-0.2, -0.15) is 4.39 Å². The van der Waals surface area contributed by atoms with Crippen molar-refractivity contribution in [3.05, 3.63) is 36.0 Å². The Labute approximate surface area is 111 Å². The number of ether oxygens (including phenoxy) is 1. The van der Waals surface area contributed by atoms with Gasteiger partial charge in [0.05, 0.1) is 18.5 Å². The van der Waals surface area contributed by atoms with Gasteiger partial charge in [-0.15, -0.1) is 0 Å². The Kier molecular flexibility index (Phi) is 3.64. The molecule has 0 saturated carbocycles. The Morgan fingerprint density at radius 1 is 1.32 bits per heavy atom. The van der Waals surface area contributed by atoms with Crippen LogP contribution >= 0.6 is 0 Å². The van der Waals surface area contributed by atoms with Crippen LogP contribution in [0.1, 0.15) is 25.5 Å². The summed E-state index contributed by atoms with van der Waals surface area (Å²) in [5, 5.41) is 0. The van der Waals surface area contributed by atoms with E-state index in [0.717, 1.165) is 5.69 Å². The van der Waals surface area contributed by atoms with Crippen LogP contribution in [0.4, 0.5) is 10.1 Å². The molecule has 2 heterocycles. The fourth-order valence-corrected chi connectivity index (χ4v) is 1.89. The number of halogens is 1. The van der Waals surface area contributed by atoms with E-state index in [2.05, 4.69) is 9.97 Å². The maximum Gasteiger partial charge on any atom is 0.221 e. The highest BCUT2D eigenvalue weighted by atomic mass is 19.1. The van der Waals surface area contributed by atoms with Crippen molar-refractivity contribution >= 4 is 5.69 Å². The van der Waals surface area contributed by atoms with Gasteiger partial charge in [0.15, 0.2) is 0 Å². The van der Waals surface area contributed by atoms with E-state index >= 15 is 0 Å². The number of aromatic nitrogens is 2. The molecule has 5 heteroatoms. The molecule has 100 valence electrons. The van der Waals surface area contributed by atoms with E-state index in [4.69, 9.17) is 10.5 Å². The minimum Gasteiger partial charge on any atom is -0.481 e. The monoisotopic (exact) mass is 261 g/mol. The Morgan fingerprint density at radius 2 is 2.05 bits per heavy atom. The average molecular weight is 261 g/mol. The lowest BCUT2D eigenvalue weighted by Crippen LogP contribution is -2.03. The number of hydrogen-bond acceptors (Lipinski definition) is 4. The minimum absolute atomic E-state index is 0.203. The van der Waals surface area contributed by atoms with E-state index in [9.17, 15) is 4.39 Å². The Morgan fingerprint density at radius 3 is 2.58 bits per heavy atom. The van der Waals surface area contributed by atoms with Gasteiger partial charge in [0.25, 0.3) is 0 Å². The van der Waals surface area contributed by atoms with Gasteiger partial charge in [-0.25, -0.2) is 9.97 Å². The SMILES string of the molecule is COc1nc(C(C)C)c(N)cc1-c1ccc(F)nc1. The second kappa shape index (κ2) is 5.22. The number of nitrogens with zero attached hydrogens (tertiary/aromatic N) is 2. The Hall–Kier alpha value is -2.17. The van der Waals surface area contributed by atoms with Gasteiger partial charge in [-0.1, -0.05) is 13.8 Å². The molecule has 19 heavy (non-hydrogen) atoms. The molecule has 0 bridgehead atoms. The molecular weight excluding hydrogens is 245 g/mol. The third-order valence-electron chi connectivity index (χ3n) is 2.83. The molecule has 0 aliphatic heterocycles. The van der Waals surface area contributed by atoms with E-state index in [1.54, 1.807) is 19.2 Å². The van der Waals surface area contributed by atoms with Gasteiger partial charge in [0.2, 0.25) is 11.8 Å². The van der Waals surface area contributed by atoms with Crippen LogP contribution < -0.4 is 10.5 Å². The number of anilines is 1. The maximum atomic E-state index is 12.9. The van der Waals surface area contributed by atoms with Gasteiger partial charge in [0, 0.05) is 17.3 Å². The summed E-state index contributed by atoms with van der Waals surface area (Å²) in [6, 6.07) is 4.70. The van der Waals surface area contributed by atoms with Crippen molar-refractivity contribution in [3.8, 4) is 17.0 Å². The third kappa shape index (κ3) is 2.65. The van der Waals surface area contributed by atoms with Crippen molar-refractivity contribution in [2.45, 2.75) is 19.8 Å². The van der Waals surface area contributed by atoms with E-state index in [-0.39, 0.29) is 5.92 Å². The quantitative estimate of drug-likeness (QED) is 0.863. The fourth-order valence-electron chi connectivity index (χ4n) is 1.89. The molecule has 0 atom stereocenters. The van der Waals surface area contributed by atoms with E-state index in [0.29, 0.717) is 22.7 Å². The van der Waals surface area contributed by atoms with Crippen LogP contribution in [0, 0.1) is 5.95 Å². The second-order valence-electron chi connectivity index (χ2n) is 4.54. The summed E-state index contributed by atoms with van der Waals surface area (Å²) >= 11 is 0. The molecule has 2 aromatic rings. The van der Waals surface area contributed by atoms with Gasteiger partial charge in [-0.3, -0.25) is 0 Å². The lowest BCUT2D eigenvalue weighted by molar-refractivity contribution is 0.397. The summed E-state index contributed by atoms with van der Waals surface area (Å²) in [7, 11) is 1.54. The zero-order valence-electron chi connectivity index (χ0n) is 11.1. The second-order valence-corrected chi connectivity index (χ2v) is 4.54. The number of pyridine rings is 2. The summed E-state index contributed by atoms with van der Waals surface area (Å²) < 4.78 is 18.1. The van der Waals surface area contributed by atoms with Crippen molar-refractivity contribution in [2.75, 3.05) is 12.8 Å². The topological polar surface area (TPSA) is 61.0 Å². The van der Waals surface area contributed by atoms with Crippen molar-refractivity contribution in [3.63, 3.8) is 0 Å². The molecule has 0 spiro atoms. The molecule has 2 aromatic heterocycles. The van der Waals surface area contributed by atoms with Crippen molar-refractivity contribution in [1.82, 2.24) is 9.97 Å². The first-order chi connectivity index (χ1) is 9.02. The number of nitrogen functional groups attached to an aromatic ring is 1. The largest absolute Gasteiger partial charge is 0.481 e. The van der Waals surface area contributed by atoms with E-state index < -0.39 is 5.95 Å². The first kappa shape index (κ1) is 13.3. The molecule has 0 saturated heterocycles. The molecule has 4 nitrogen and oxygen atoms in total. The predicted molar refractivity (Wildman–Crippen MR) is 72.5 cm³/mol. The highest BCUT2D eigenvalue weighted by Gasteiger charge is 2.14. The zero-order valence-corrected chi connectivity index (χ0v) is 11.1. The summed E-state index contributed by atoms with van der Waals surface area (Å²) in [5.41, 5.74) is 8.80.